The third kappa shape index (κ3) is 6.80. The van der Waals surface area contributed by atoms with Gasteiger partial charge in [0.25, 0.3) is 0 Å². The topological polar surface area (TPSA) is 108 Å². The van der Waals surface area contributed by atoms with E-state index in [2.05, 4.69) is 5.32 Å². The van der Waals surface area contributed by atoms with Gasteiger partial charge in [0.1, 0.15) is 6.04 Å². The number of nitrogens with zero attached hydrogens (tertiary/aromatic N) is 2. The van der Waals surface area contributed by atoms with Gasteiger partial charge in [-0.1, -0.05) is 39.2 Å². The van der Waals surface area contributed by atoms with Gasteiger partial charge in [-0.05, 0) is 42.9 Å². The first-order valence-electron chi connectivity index (χ1n) is 12.5. The van der Waals surface area contributed by atoms with Crippen LogP contribution in [0.3, 0.4) is 0 Å². The maximum Gasteiger partial charge on any atom is 0.318 e. The van der Waals surface area contributed by atoms with Crippen LogP contribution in [0.5, 0.6) is 11.5 Å². The molecule has 0 unspecified atom stereocenters. The van der Waals surface area contributed by atoms with E-state index in [1.54, 1.807) is 25.2 Å². The summed E-state index contributed by atoms with van der Waals surface area (Å²) in [6.07, 6.45) is 5.37. The van der Waals surface area contributed by atoms with Crippen LogP contribution in [0.25, 0.3) is 0 Å². The second-order valence-corrected chi connectivity index (χ2v) is 10.00. The van der Waals surface area contributed by atoms with Crippen LogP contribution in [0.4, 0.5) is 4.79 Å². The normalized spacial score (nSPS) is 21.2. The summed E-state index contributed by atoms with van der Waals surface area (Å²) in [5, 5.41) is 12.7. The number of nitrogens with one attached hydrogen (secondary N) is 1. The summed E-state index contributed by atoms with van der Waals surface area (Å²) < 4.78 is 10.7. The number of carbonyl (C=O) groups is 3. The molecule has 1 aromatic carbocycles. The van der Waals surface area contributed by atoms with Crippen LogP contribution in [0.1, 0.15) is 64.4 Å². The van der Waals surface area contributed by atoms with Crippen LogP contribution in [-0.4, -0.2) is 71.7 Å². The Hall–Kier alpha value is -2.97. The molecule has 0 spiro atoms. The van der Waals surface area contributed by atoms with Gasteiger partial charge in [0.15, 0.2) is 11.5 Å². The number of piperazine rings is 1. The smallest absolute Gasteiger partial charge is 0.318 e. The Bertz CT molecular complexity index is 899. The van der Waals surface area contributed by atoms with E-state index in [1.807, 2.05) is 26.0 Å². The van der Waals surface area contributed by atoms with Crippen LogP contribution < -0.4 is 14.8 Å². The maximum atomic E-state index is 13.7. The Morgan fingerprint density at radius 2 is 1.80 bits per heavy atom. The summed E-state index contributed by atoms with van der Waals surface area (Å²) in [6.45, 7) is 4.46. The minimum Gasteiger partial charge on any atom is -0.493 e. The zero-order valence-corrected chi connectivity index (χ0v) is 21.3. The van der Waals surface area contributed by atoms with Crippen molar-refractivity contribution in [1.82, 2.24) is 15.1 Å². The molecule has 0 bridgehead atoms. The second-order valence-electron chi connectivity index (χ2n) is 10.00. The molecule has 2 aliphatic rings. The van der Waals surface area contributed by atoms with Gasteiger partial charge in [0.2, 0.25) is 5.91 Å². The average molecular weight is 490 g/mol. The van der Waals surface area contributed by atoms with Gasteiger partial charge >= 0.3 is 12.0 Å². The molecule has 1 saturated carbocycles. The van der Waals surface area contributed by atoms with Gasteiger partial charge in [0.05, 0.1) is 26.7 Å². The molecule has 1 aliphatic heterocycles. The Morgan fingerprint density at radius 1 is 1.11 bits per heavy atom. The van der Waals surface area contributed by atoms with Crippen LogP contribution in [0, 0.1) is 5.92 Å². The summed E-state index contributed by atoms with van der Waals surface area (Å²) in [5.41, 5.74) is 0.841. The first-order valence-corrected chi connectivity index (χ1v) is 12.5. The van der Waals surface area contributed by atoms with Crippen molar-refractivity contribution in [3.8, 4) is 11.5 Å². The van der Waals surface area contributed by atoms with E-state index in [0.717, 1.165) is 37.7 Å². The monoisotopic (exact) mass is 489 g/mol. The Morgan fingerprint density at radius 3 is 2.40 bits per heavy atom. The van der Waals surface area contributed by atoms with Crippen LogP contribution in [-0.2, 0) is 16.1 Å². The lowest BCUT2D eigenvalue weighted by Crippen LogP contribution is -2.66. The number of ether oxygens (including phenoxy) is 2. The molecule has 3 rings (SSSR count). The Labute approximate surface area is 207 Å². The Kier molecular flexibility index (Phi) is 9.23. The highest BCUT2D eigenvalue weighted by Crippen LogP contribution is 2.30. The van der Waals surface area contributed by atoms with E-state index in [0.29, 0.717) is 24.5 Å². The second kappa shape index (κ2) is 12.1. The molecule has 1 aromatic rings. The molecule has 2 atom stereocenters. The zero-order valence-electron chi connectivity index (χ0n) is 21.3. The predicted molar refractivity (Wildman–Crippen MR) is 131 cm³/mol. The summed E-state index contributed by atoms with van der Waals surface area (Å²) in [7, 11) is 3.11. The quantitative estimate of drug-likeness (QED) is 0.548. The van der Waals surface area contributed by atoms with Crippen LogP contribution in [0.15, 0.2) is 18.2 Å². The SMILES string of the molecule is COc1ccc(CN2C[C@@H](CC(=O)O)N(C(=O)NC3CCCCC3)[C@H](CC(C)C)C2=O)cc1OC. The van der Waals surface area contributed by atoms with Gasteiger partial charge in [-0.25, -0.2) is 4.79 Å². The molecule has 3 amide bonds. The highest BCUT2D eigenvalue weighted by molar-refractivity contribution is 5.89. The van der Waals surface area contributed by atoms with Crippen LogP contribution >= 0.6 is 0 Å². The van der Waals surface area contributed by atoms with Crippen LogP contribution in [0.2, 0.25) is 0 Å². The minimum atomic E-state index is -0.992. The van der Waals surface area contributed by atoms with E-state index in [-0.39, 0.29) is 36.9 Å². The molecular formula is C26H39N3O6. The summed E-state index contributed by atoms with van der Waals surface area (Å²) >= 11 is 0. The van der Waals surface area contributed by atoms with E-state index in [9.17, 15) is 19.5 Å². The van der Waals surface area contributed by atoms with Gasteiger partial charge in [-0.15, -0.1) is 0 Å². The molecular weight excluding hydrogens is 450 g/mol. The number of carboxylic acids is 1. The third-order valence-electron chi connectivity index (χ3n) is 6.85. The van der Waals surface area contributed by atoms with E-state index < -0.39 is 18.1 Å². The number of hydrogen-bond donors (Lipinski definition) is 2. The van der Waals surface area contributed by atoms with E-state index in [1.165, 1.54) is 4.90 Å². The lowest BCUT2D eigenvalue weighted by atomic mass is 9.94. The van der Waals surface area contributed by atoms with E-state index >= 15 is 0 Å². The molecule has 1 heterocycles. The summed E-state index contributed by atoms with van der Waals surface area (Å²) in [6, 6.07) is 3.88. The molecule has 2 fully saturated rings. The molecule has 0 aromatic heterocycles. The van der Waals surface area contributed by atoms with Gasteiger partial charge < -0.3 is 29.7 Å². The minimum absolute atomic E-state index is 0.0707. The third-order valence-corrected chi connectivity index (χ3v) is 6.85. The van der Waals surface area contributed by atoms with Crippen molar-refractivity contribution in [2.75, 3.05) is 20.8 Å². The lowest BCUT2D eigenvalue weighted by Gasteiger charge is -2.46. The number of benzene rings is 1. The number of urea groups is 1. The number of methoxy groups -OCH3 is 2. The number of aliphatic carboxylic acids is 1. The fraction of sp³-hybridized carbons (Fsp3) is 0.654. The molecule has 0 radical (unpaired) electrons. The summed E-state index contributed by atoms with van der Waals surface area (Å²) in [5.74, 6) is 0.153. The van der Waals surface area contributed by atoms with Crippen molar-refractivity contribution >= 4 is 17.9 Å². The zero-order chi connectivity index (χ0) is 25.5. The number of rotatable bonds is 9. The maximum absolute atomic E-state index is 13.7. The van der Waals surface area contributed by atoms with Gasteiger partial charge in [-0.2, -0.15) is 0 Å². The molecule has 1 aliphatic carbocycles. The first kappa shape index (κ1) is 26.6. The molecule has 194 valence electrons. The van der Waals surface area contributed by atoms with Crippen molar-refractivity contribution < 1.29 is 29.0 Å². The van der Waals surface area contributed by atoms with Crippen molar-refractivity contribution in [1.29, 1.82) is 0 Å². The molecule has 9 heteroatoms. The van der Waals surface area contributed by atoms with Crippen molar-refractivity contribution in [2.45, 2.75) is 83.5 Å². The van der Waals surface area contributed by atoms with E-state index in [4.69, 9.17) is 9.47 Å². The Balaban J connectivity index is 1.87. The fourth-order valence-electron chi connectivity index (χ4n) is 5.19. The summed E-state index contributed by atoms with van der Waals surface area (Å²) in [4.78, 5) is 42.1. The fourth-order valence-corrected chi connectivity index (χ4v) is 5.19. The van der Waals surface area contributed by atoms with Crippen molar-refractivity contribution in [3.05, 3.63) is 23.8 Å². The number of amides is 3. The largest absolute Gasteiger partial charge is 0.493 e. The number of carbonyl (C=O) groups excluding carboxylic acids is 2. The first-order chi connectivity index (χ1) is 16.7. The highest BCUT2D eigenvalue weighted by Gasteiger charge is 2.44. The van der Waals surface area contributed by atoms with Crippen molar-refractivity contribution in [3.63, 3.8) is 0 Å². The standard InChI is InChI=1S/C26H39N3O6/c1-17(2)12-21-25(32)28(15-18-10-11-22(34-3)23(13-18)35-4)16-20(14-24(30)31)29(21)26(33)27-19-8-6-5-7-9-19/h10-11,13,17,19-21H,5-9,12,14-16H2,1-4H3,(H,27,33)(H,30,31)/t20-,21-/m1/s1. The highest BCUT2D eigenvalue weighted by atomic mass is 16.5. The molecule has 2 N–H and O–H groups in total. The van der Waals surface area contributed by atoms with Gasteiger partial charge in [-0.3, -0.25) is 9.59 Å². The number of hydrogen-bond acceptors (Lipinski definition) is 5. The lowest BCUT2D eigenvalue weighted by molar-refractivity contribution is -0.148. The molecule has 35 heavy (non-hydrogen) atoms. The predicted octanol–water partition coefficient (Wildman–Crippen LogP) is 3.65. The average Bonchev–Trinajstić information content (AvgIpc) is 2.81. The van der Waals surface area contributed by atoms with Crippen molar-refractivity contribution in [2.24, 2.45) is 5.92 Å². The molecule has 9 nitrogen and oxygen atoms in total. The van der Waals surface area contributed by atoms with Gasteiger partial charge in [0, 0.05) is 19.1 Å². The number of carboxylic acid groups (broad SMARTS) is 1. The molecule has 1 saturated heterocycles.